The molecule has 0 radical (unpaired) electrons. The second kappa shape index (κ2) is 7.74. The summed E-state index contributed by atoms with van der Waals surface area (Å²) in [5.74, 6) is 2.41. The Hall–Kier alpha value is -1.60. The van der Waals surface area contributed by atoms with Crippen LogP contribution in [0, 0.1) is 17.8 Å². The van der Waals surface area contributed by atoms with Gasteiger partial charge in [-0.25, -0.2) is 4.79 Å². The fourth-order valence-corrected chi connectivity index (χ4v) is 3.77. The summed E-state index contributed by atoms with van der Waals surface area (Å²) < 4.78 is 7.25. The molecule has 3 aliphatic rings. The summed E-state index contributed by atoms with van der Waals surface area (Å²) in [6.45, 7) is 6.20. The van der Waals surface area contributed by atoms with Gasteiger partial charge < -0.3 is 15.4 Å². The first-order valence-corrected chi connectivity index (χ1v) is 9.65. The van der Waals surface area contributed by atoms with Crippen molar-refractivity contribution in [3.05, 3.63) is 12.4 Å². The largest absolute Gasteiger partial charge is 0.379 e. The van der Waals surface area contributed by atoms with Crippen molar-refractivity contribution in [3.8, 4) is 0 Å². The molecule has 2 amide bonds. The lowest BCUT2D eigenvalue weighted by Crippen LogP contribution is -2.38. The molecule has 138 valence electrons. The van der Waals surface area contributed by atoms with E-state index in [4.69, 9.17) is 4.74 Å². The summed E-state index contributed by atoms with van der Waals surface area (Å²) in [6, 6.07) is -0.112. The van der Waals surface area contributed by atoms with Gasteiger partial charge in [-0.3, -0.25) is 9.58 Å². The Balaban J connectivity index is 1.18. The number of hydrogen-bond donors (Lipinski definition) is 2. The van der Waals surface area contributed by atoms with Crippen molar-refractivity contribution in [1.82, 2.24) is 20.0 Å². The number of aromatic nitrogens is 2. The molecule has 2 aliphatic carbocycles. The number of carbonyl (C=O) groups is 1. The molecule has 0 atom stereocenters. The molecule has 3 fully saturated rings. The van der Waals surface area contributed by atoms with Crippen molar-refractivity contribution in [2.24, 2.45) is 17.8 Å². The highest BCUT2D eigenvalue weighted by atomic mass is 16.5. The number of amides is 2. The number of rotatable bonds is 8. The summed E-state index contributed by atoms with van der Waals surface area (Å²) in [7, 11) is 0. The molecule has 2 N–H and O–H groups in total. The van der Waals surface area contributed by atoms with Gasteiger partial charge in [-0.1, -0.05) is 0 Å². The fourth-order valence-electron chi connectivity index (χ4n) is 3.77. The maximum Gasteiger partial charge on any atom is 0.319 e. The second-order valence-electron chi connectivity index (χ2n) is 7.62. The van der Waals surface area contributed by atoms with Crippen LogP contribution in [0.1, 0.15) is 25.7 Å². The van der Waals surface area contributed by atoms with Crippen molar-refractivity contribution in [3.63, 3.8) is 0 Å². The van der Waals surface area contributed by atoms with Gasteiger partial charge in [0.15, 0.2) is 0 Å². The molecule has 7 nitrogen and oxygen atoms in total. The molecule has 1 aromatic rings. The molecule has 4 rings (SSSR count). The highest BCUT2D eigenvalue weighted by Gasteiger charge is 2.41. The molecule has 2 saturated carbocycles. The van der Waals surface area contributed by atoms with Gasteiger partial charge in [-0.05, 0) is 43.4 Å². The van der Waals surface area contributed by atoms with Gasteiger partial charge in [-0.15, -0.1) is 0 Å². The van der Waals surface area contributed by atoms with Gasteiger partial charge in [0.1, 0.15) is 0 Å². The predicted octanol–water partition coefficient (Wildman–Crippen LogP) is 1.77. The third-order valence-corrected chi connectivity index (χ3v) is 5.59. The van der Waals surface area contributed by atoms with Crippen LogP contribution in [0.5, 0.6) is 0 Å². The van der Waals surface area contributed by atoms with Crippen molar-refractivity contribution in [2.75, 3.05) is 44.7 Å². The molecular weight excluding hydrogens is 318 g/mol. The number of nitrogens with zero attached hydrogens (tertiary/aromatic N) is 3. The number of morpholine rings is 1. The Morgan fingerprint density at radius 2 is 1.92 bits per heavy atom. The smallest absolute Gasteiger partial charge is 0.319 e. The number of ether oxygens (including phenoxy) is 1. The highest BCUT2D eigenvalue weighted by Crippen LogP contribution is 2.48. The van der Waals surface area contributed by atoms with Crippen LogP contribution in [0.15, 0.2) is 12.4 Å². The summed E-state index contributed by atoms with van der Waals surface area (Å²) in [4.78, 5) is 14.5. The molecular formula is C18H29N5O2. The van der Waals surface area contributed by atoms with E-state index in [9.17, 15) is 4.79 Å². The lowest BCUT2D eigenvalue weighted by molar-refractivity contribution is 0.0360. The molecule has 2 heterocycles. The number of carbonyl (C=O) groups excluding carboxylic acids is 1. The Labute approximate surface area is 149 Å². The van der Waals surface area contributed by atoms with Crippen LogP contribution < -0.4 is 10.6 Å². The van der Waals surface area contributed by atoms with Crippen molar-refractivity contribution < 1.29 is 9.53 Å². The zero-order valence-electron chi connectivity index (χ0n) is 14.8. The first-order chi connectivity index (χ1) is 12.3. The van der Waals surface area contributed by atoms with Crippen molar-refractivity contribution in [1.29, 1.82) is 0 Å². The summed E-state index contributed by atoms with van der Waals surface area (Å²) in [5.41, 5.74) is 0.758. The molecule has 0 unspecified atom stereocenters. The van der Waals surface area contributed by atoms with Crippen LogP contribution in [0.2, 0.25) is 0 Å². The Morgan fingerprint density at radius 3 is 2.60 bits per heavy atom. The van der Waals surface area contributed by atoms with E-state index in [0.717, 1.165) is 63.5 Å². The van der Waals surface area contributed by atoms with E-state index >= 15 is 0 Å². The van der Waals surface area contributed by atoms with Crippen LogP contribution in [-0.4, -0.2) is 60.1 Å². The Bertz CT molecular complexity index is 564. The minimum Gasteiger partial charge on any atom is -0.379 e. The number of anilines is 1. The molecule has 1 aliphatic heterocycles. The molecule has 25 heavy (non-hydrogen) atoms. The minimum atomic E-state index is -0.112. The van der Waals surface area contributed by atoms with E-state index in [1.165, 1.54) is 25.7 Å². The third kappa shape index (κ3) is 4.95. The lowest BCUT2D eigenvalue weighted by atomic mass is 9.98. The van der Waals surface area contributed by atoms with Gasteiger partial charge >= 0.3 is 6.03 Å². The fraction of sp³-hybridized carbons (Fsp3) is 0.778. The van der Waals surface area contributed by atoms with Crippen LogP contribution in [-0.2, 0) is 11.3 Å². The second-order valence-corrected chi connectivity index (χ2v) is 7.62. The van der Waals surface area contributed by atoms with Gasteiger partial charge in [0.05, 0.1) is 31.6 Å². The SMILES string of the molecule is O=C(NCC(C1CC1)C1CC1)Nc1cnn(CCN2CCOCC2)c1. The van der Waals surface area contributed by atoms with Crippen LogP contribution in [0.4, 0.5) is 10.5 Å². The number of nitrogens with one attached hydrogen (secondary N) is 2. The average molecular weight is 347 g/mol. The predicted molar refractivity (Wildman–Crippen MR) is 95.4 cm³/mol. The van der Waals surface area contributed by atoms with Crippen LogP contribution in [0.25, 0.3) is 0 Å². The molecule has 0 bridgehead atoms. The first kappa shape index (κ1) is 16.8. The normalized spacial score (nSPS) is 21.5. The summed E-state index contributed by atoms with van der Waals surface area (Å²) >= 11 is 0. The van der Waals surface area contributed by atoms with E-state index in [1.807, 2.05) is 10.9 Å². The molecule has 1 saturated heterocycles. The van der Waals surface area contributed by atoms with Crippen LogP contribution >= 0.6 is 0 Å². The van der Waals surface area contributed by atoms with E-state index in [2.05, 4.69) is 20.6 Å². The standard InChI is InChI=1S/C18H29N5O2/c24-18(19-12-17(14-1-2-14)15-3-4-15)21-16-11-20-23(13-16)6-5-22-7-9-25-10-8-22/h11,13-15,17H,1-10,12H2,(H2,19,21,24). The zero-order valence-corrected chi connectivity index (χ0v) is 14.8. The van der Waals surface area contributed by atoms with E-state index in [1.54, 1.807) is 6.20 Å². The molecule has 0 spiro atoms. The van der Waals surface area contributed by atoms with Gasteiger partial charge in [0.2, 0.25) is 0 Å². The zero-order chi connectivity index (χ0) is 17.1. The topological polar surface area (TPSA) is 71.4 Å². The van der Waals surface area contributed by atoms with Gasteiger partial charge in [0, 0.05) is 32.4 Å². The summed E-state index contributed by atoms with van der Waals surface area (Å²) in [5, 5.41) is 10.3. The van der Waals surface area contributed by atoms with Crippen molar-refractivity contribution in [2.45, 2.75) is 32.2 Å². The monoisotopic (exact) mass is 347 g/mol. The van der Waals surface area contributed by atoms with Gasteiger partial charge in [0.25, 0.3) is 0 Å². The first-order valence-electron chi connectivity index (χ1n) is 9.65. The third-order valence-electron chi connectivity index (χ3n) is 5.59. The number of urea groups is 1. The summed E-state index contributed by atoms with van der Waals surface area (Å²) in [6.07, 6.45) is 9.01. The Morgan fingerprint density at radius 1 is 1.20 bits per heavy atom. The maximum atomic E-state index is 12.1. The van der Waals surface area contributed by atoms with Crippen LogP contribution in [0.3, 0.4) is 0 Å². The van der Waals surface area contributed by atoms with E-state index in [-0.39, 0.29) is 6.03 Å². The number of hydrogen-bond acceptors (Lipinski definition) is 4. The maximum absolute atomic E-state index is 12.1. The molecule has 1 aromatic heterocycles. The average Bonchev–Trinajstić information content (AvgIpc) is 3.55. The minimum absolute atomic E-state index is 0.112. The Kier molecular flexibility index (Phi) is 5.22. The van der Waals surface area contributed by atoms with Crippen molar-refractivity contribution >= 4 is 11.7 Å². The van der Waals surface area contributed by atoms with E-state index < -0.39 is 0 Å². The lowest BCUT2D eigenvalue weighted by Gasteiger charge is -2.26. The highest BCUT2D eigenvalue weighted by molar-refractivity contribution is 5.88. The molecule has 7 heteroatoms. The van der Waals surface area contributed by atoms with E-state index in [0.29, 0.717) is 5.92 Å². The quantitative estimate of drug-likeness (QED) is 0.752. The molecule has 0 aromatic carbocycles. The van der Waals surface area contributed by atoms with Gasteiger partial charge in [-0.2, -0.15) is 5.10 Å².